The van der Waals surface area contributed by atoms with Crippen molar-refractivity contribution in [1.82, 2.24) is 13.9 Å². The number of hydrogen-bond donors (Lipinski definition) is 1. The van der Waals surface area contributed by atoms with Crippen LogP contribution in [0.25, 0.3) is 21.5 Å². The number of halogens is 1. The van der Waals surface area contributed by atoms with Gasteiger partial charge in [0.25, 0.3) is 5.56 Å². The van der Waals surface area contributed by atoms with Crippen LogP contribution in [0.5, 0.6) is 0 Å². The molecule has 0 aliphatic carbocycles. The van der Waals surface area contributed by atoms with E-state index in [4.69, 9.17) is 0 Å². The Bertz CT molecular complexity index is 1230. The van der Waals surface area contributed by atoms with Crippen molar-refractivity contribution in [3.05, 3.63) is 75.2 Å². The predicted octanol–water partition coefficient (Wildman–Crippen LogP) is 4.23. The van der Waals surface area contributed by atoms with E-state index in [1.807, 2.05) is 43.3 Å². The molecule has 6 nitrogen and oxygen atoms in total. The maximum absolute atomic E-state index is 12.8. The molecule has 28 heavy (non-hydrogen) atoms. The molecule has 0 saturated carbocycles. The highest BCUT2D eigenvalue weighted by Gasteiger charge is 2.15. The number of aromatic nitrogens is 3. The van der Waals surface area contributed by atoms with Crippen LogP contribution in [0.4, 0.5) is 5.69 Å². The van der Waals surface area contributed by atoms with E-state index in [1.165, 1.54) is 10.9 Å². The molecule has 0 saturated heterocycles. The predicted molar refractivity (Wildman–Crippen MR) is 115 cm³/mol. The maximum Gasteiger partial charge on any atom is 0.273 e. The zero-order chi connectivity index (χ0) is 19.7. The number of carbonyl (C=O) groups is 1. The Morgan fingerprint density at radius 1 is 1.21 bits per heavy atom. The van der Waals surface area contributed by atoms with Gasteiger partial charge in [-0.15, -0.1) is 0 Å². The molecule has 2 aromatic carbocycles. The second kappa shape index (κ2) is 7.65. The van der Waals surface area contributed by atoms with Crippen LogP contribution in [0, 0.1) is 6.92 Å². The van der Waals surface area contributed by atoms with Crippen molar-refractivity contribution in [2.75, 3.05) is 5.32 Å². The van der Waals surface area contributed by atoms with Gasteiger partial charge in [-0.3, -0.25) is 14.2 Å². The molecule has 0 unspecified atom stereocenters. The summed E-state index contributed by atoms with van der Waals surface area (Å²) in [6.45, 7) is 1.89. The fourth-order valence-electron chi connectivity index (χ4n) is 2.84. The third-order valence-corrected chi connectivity index (χ3v) is 5.54. The van der Waals surface area contributed by atoms with Crippen LogP contribution in [0.1, 0.15) is 5.56 Å². The lowest BCUT2D eigenvalue weighted by molar-refractivity contribution is -0.116. The molecule has 2 heterocycles. The van der Waals surface area contributed by atoms with Crippen molar-refractivity contribution >= 4 is 49.3 Å². The average molecular weight is 455 g/mol. The van der Waals surface area contributed by atoms with E-state index in [9.17, 15) is 9.59 Å². The molecule has 0 aliphatic rings. The SMILES string of the molecule is Cc1cccc(-c2nsc3c(=O)n(CC(=O)Nc4ccc(Br)cc4)cnc23)c1. The second-order valence-electron chi connectivity index (χ2n) is 6.31. The monoisotopic (exact) mass is 454 g/mol. The second-order valence-corrected chi connectivity index (χ2v) is 8.00. The number of benzene rings is 2. The van der Waals surface area contributed by atoms with Crippen LogP contribution in [-0.2, 0) is 11.3 Å². The topological polar surface area (TPSA) is 76.9 Å². The first-order valence-electron chi connectivity index (χ1n) is 8.48. The average Bonchev–Trinajstić information content (AvgIpc) is 3.11. The van der Waals surface area contributed by atoms with E-state index >= 15 is 0 Å². The first-order valence-corrected chi connectivity index (χ1v) is 10.1. The van der Waals surface area contributed by atoms with Crippen molar-refractivity contribution in [2.45, 2.75) is 13.5 Å². The van der Waals surface area contributed by atoms with Gasteiger partial charge in [0.2, 0.25) is 5.91 Å². The van der Waals surface area contributed by atoms with Gasteiger partial charge in [-0.2, -0.15) is 4.37 Å². The fraction of sp³-hybridized carbons (Fsp3) is 0.100. The minimum Gasteiger partial charge on any atom is -0.325 e. The fourth-order valence-corrected chi connectivity index (χ4v) is 3.91. The van der Waals surface area contributed by atoms with Gasteiger partial charge in [0.1, 0.15) is 22.5 Å². The van der Waals surface area contributed by atoms with Crippen LogP contribution in [0.2, 0.25) is 0 Å². The van der Waals surface area contributed by atoms with Gasteiger partial charge in [0, 0.05) is 15.7 Å². The molecule has 4 rings (SSSR count). The highest BCUT2D eigenvalue weighted by molar-refractivity contribution is 9.10. The number of carbonyl (C=O) groups excluding carboxylic acids is 1. The Morgan fingerprint density at radius 2 is 2.00 bits per heavy atom. The number of fused-ring (bicyclic) bond motifs is 1. The Labute approximate surface area is 173 Å². The molecular weight excluding hydrogens is 440 g/mol. The molecule has 1 amide bonds. The molecule has 4 aromatic rings. The zero-order valence-electron chi connectivity index (χ0n) is 14.8. The molecule has 0 spiro atoms. The Hall–Kier alpha value is -2.84. The number of hydrogen-bond acceptors (Lipinski definition) is 5. The van der Waals surface area contributed by atoms with E-state index in [1.54, 1.807) is 12.1 Å². The van der Waals surface area contributed by atoms with Crippen molar-refractivity contribution in [2.24, 2.45) is 0 Å². The first-order chi connectivity index (χ1) is 13.5. The minimum absolute atomic E-state index is 0.116. The standard InChI is InChI=1S/C20H15BrN4O2S/c1-12-3-2-4-13(9-12)17-18-19(28-24-17)20(27)25(11-22-18)10-16(26)23-15-7-5-14(21)6-8-15/h2-9,11H,10H2,1H3,(H,23,26). The van der Waals surface area contributed by atoms with E-state index in [-0.39, 0.29) is 18.0 Å². The summed E-state index contributed by atoms with van der Waals surface area (Å²) in [6, 6.07) is 15.1. The van der Waals surface area contributed by atoms with Crippen LogP contribution < -0.4 is 10.9 Å². The summed E-state index contributed by atoms with van der Waals surface area (Å²) in [7, 11) is 0. The molecule has 0 radical (unpaired) electrons. The van der Waals surface area contributed by atoms with Crippen LogP contribution >= 0.6 is 27.5 Å². The normalized spacial score (nSPS) is 10.9. The van der Waals surface area contributed by atoms with Crippen LogP contribution in [-0.4, -0.2) is 19.8 Å². The summed E-state index contributed by atoms with van der Waals surface area (Å²) >= 11 is 4.45. The largest absolute Gasteiger partial charge is 0.325 e. The Balaban J connectivity index is 1.61. The summed E-state index contributed by atoms with van der Waals surface area (Å²) in [4.78, 5) is 29.5. The lowest BCUT2D eigenvalue weighted by Gasteiger charge is -2.07. The van der Waals surface area contributed by atoms with Gasteiger partial charge in [0.15, 0.2) is 0 Å². The maximum atomic E-state index is 12.8. The van der Waals surface area contributed by atoms with Gasteiger partial charge in [0.05, 0.1) is 6.33 Å². The van der Waals surface area contributed by atoms with Crippen LogP contribution in [0.15, 0.2) is 64.1 Å². The molecule has 1 N–H and O–H groups in total. The molecule has 0 fully saturated rings. The number of nitrogens with one attached hydrogen (secondary N) is 1. The lowest BCUT2D eigenvalue weighted by Crippen LogP contribution is -2.27. The molecule has 8 heteroatoms. The number of anilines is 1. The molecule has 0 bridgehead atoms. The van der Waals surface area contributed by atoms with E-state index in [0.717, 1.165) is 27.1 Å². The van der Waals surface area contributed by atoms with Crippen molar-refractivity contribution in [3.8, 4) is 11.3 Å². The van der Waals surface area contributed by atoms with E-state index < -0.39 is 0 Å². The summed E-state index contributed by atoms with van der Waals surface area (Å²) in [5.74, 6) is -0.297. The summed E-state index contributed by atoms with van der Waals surface area (Å²) in [6.07, 6.45) is 1.40. The third-order valence-electron chi connectivity index (χ3n) is 4.18. The number of rotatable bonds is 4. The molecule has 0 aliphatic heterocycles. The minimum atomic E-state index is -0.297. The summed E-state index contributed by atoms with van der Waals surface area (Å²) < 4.78 is 7.09. The summed E-state index contributed by atoms with van der Waals surface area (Å²) in [5.41, 5.74) is 3.67. The van der Waals surface area contributed by atoms with Crippen molar-refractivity contribution in [3.63, 3.8) is 0 Å². The number of nitrogens with zero attached hydrogens (tertiary/aromatic N) is 3. The van der Waals surface area contributed by atoms with Gasteiger partial charge in [-0.1, -0.05) is 39.7 Å². The quantitative estimate of drug-likeness (QED) is 0.500. The first kappa shape index (κ1) is 18.5. The zero-order valence-corrected chi connectivity index (χ0v) is 17.3. The smallest absolute Gasteiger partial charge is 0.273 e. The van der Waals surface area contributed by atoms with Gasteiger partial charge in [-0.05, 0) is 48.8 Å². The Kier molecular flexibility index (Phi) is 5.06. The lowest BCUT2D eigenvalue weighted by atomic mass is 10.1. The van der Waals surface area contributed by atoms with Gasteiger partial charge in [-0.25, -0.2) is 4.98 Å². The molecule has 2 aromatic heterocycles. The highest BCUT2D eigenvalue weighted by atomic mass is 79.9. The van der Waals surface area contributed by atoms with Gasteiger partial charge < -0.3 is 5.32 Å². The van der Waals surface area contributed by atoms with Crippen molar-refractivity contribution < 1.29 is 4.79 Å². The molecular formula is C20H15BrN4O2S. The van der Waals surface area contributed by atoms with E-state index in [2.05, 4.69) is 30.6 Å². The highest BCUT2D eigenvalue weighted by Crippen LogP contribution is 2.27. The van der Waals surface area contributed by atoms with Crippen molar-refractivity contribution in [1.29, 1.82) is 0 Å². The number of aryl methyl sites for hydroxylation is 1. The van der Waals surface area contributed by atoms with Crippen LogP contribution in [0.3, 0.4) is 0 Å². The Morgan fingerprint density at radius 3 is 2.75 bits per heavy atom. The number of amides is 1. The van der Waals surface area contributed by atoms with E-state index in [0.29, 0.717) is 21.6 Å². The molecule has 0 atom stereocenters. The summed E-state index contributed by atoms with van der Waals surface area (Å²) in [5, 5.41) is 2.77. The third kappa shape index (κ3) is 3.74. The molecule has 140 valence electrons. The van der Waals surface area contributed by atoms with Gasteiger partial charge >= 0.3 is 0 Å².